The minimum absolute atomic E-state index is 0.148. The van der Waals surface area contributed by atoms with Crippen molar-refractivity contribution in [1.82, 2.24) is 5.32 Å². The van der Waals surface area contributed by atoms with Gasteiger partial charge in [-0.1, -0.05) is 12.1 Å². The molecule has 5 heteroatoms. The maximum Gasteiger partial charge on any atom is 0.224 e. The standard InChI is InChI=1S/C15H16FNO3/c1-19-14(13-3-2-8-20-13)10-17-15(18)9-11-4-6-12(16)7-5-11/h2-8,14H,9-10H2,1H3,(H,17,18)/t14-/m1/s1. The molecule has 2 aromatic rings. The molecule has 1 atom stereocenters. The monoisotopic (exact) mass is 277 g/mol. The van der Waals surface area contributed by atoms with Crippen LogP contribution < -0.4 is 5.32 Å². The third-order valence-corrected chi connectivity index (χ3v) is 2.91. The minimum atomic E-state index is -0.317. The number of methoxy groups -OCH3 is 1. The van der Waals surface area contributed by atoms with Gasteiger partial charge in [-0.2, -0.15) is 0 Å². The molecule has 1 N–H and O–H groups in total. The molecule has 0 unspecified atom stereocenters. The van der Waals surface area contributed by atoms with Crippen molar-refractivity contribution in [2.45, 2.75) is 12.5 Å². The zero-order chi connectivity index (χ0) is 14.4. The molecule has 0 aliphatic carbocycles. The van der Waals surface area contributed by atoms with Gasteiger partial charge in [-0.25, -0.2) is 4.39 Å². The van der Waals surface area contributed by atoms with E-state index in [1.807, 2.05) is 0 Å². The van der Waals surface area contributed by atoms with Crippen molar-refractivity contribution in [3.63, 3.8) is 0 Å². The highest BCUT2D eigenvalue weighted by atomic mass is 19.1. The summed E-state index contributed by atoms with van der Waals surface area (Å²) in [5, 5.41) is 2.77. The van der Waals surface area contributed by atoms with E-state index >= 15 is 0 Å². The third kappa shape index (κ3) is 3.93. The minimum Gasteiger partial charge on any atom is -0.467 e. The third-order valence-electron chi connectivity index (χ3n) is 2.91. The predicted octanol–water partition coefficient (Wildman–Crippen LogP) is 2.47. The molecule has 0 aliphatic heterocycles. The van der Waals surface area contributed by atoms with Crippen LogP contribution in [0.15, 0.2) is 47.1 Å². The largest absolute Gasteiger partial charge is 0.467 e. The van der Waals surface area contributed by atoms with Crippen molar-refractivity contribution in [1.29, 1.82) is 0 Å². The van der Waals surface area contributed by atoms with Gasteiger partial charge in [0, 0.05) is 7.11 Å². The number of benzene rings is 1. The number of furan rings is 1. The van der Waals surface area contributed by atoms with Gasteiger partial charge in [0.1, 0.15) is 17.7 Å². The Kier molecular flexibility index (Phi) is 4.90. The molecule has 0 spiro atoms. The fraction of sp³-hybridized carbons (Fsp3) is 0.267. The van der Waals surface area contributed by atoms with Crippen molar-refractivity contribution in [2.24, 2.45) is 0 Å². The molecule has 1 heterocycles. The first kappa shape index (κ1) is 14.3. The van der Waals surface area contributed by atoms with E-state index in [1.165, 1.54) is 12.1 Å². The van der Waals surface area contributed by atoms with Gasteiger partial charge < -0.3 is 14.5 Å². The highest BCUT2D eigenvalue weighted by Gasteiger charge is 2.14. The second-order valence-electron chi connectivity index (χ2n) is 4.35. The lowest BCUT2D eigenvalue weighted by Crippen LogP contribution is -2.30. The summed E-state index contributed by atoms with van der Waals surface area (Å²) in [5.41, 5.74) is 0.760. The Balaban J connectivity index is 1.84. The molecule has 0 bridgehead atoms. The van der Waals surface area contributed by atoms with Gasteiger partial charge in [-0.15, -0.1) is 0 Å². The molecule has 0 radical (unpaired) electrons. The van der Waals surface area contributed by atoms with Crippen LogP contribution in [0.2, 0.25) is 0 Å². The maximum atomic E-state index is 12.8. The molecule has 1 aromatic heterocycles. The number of amides is 1. The summed E-state index contributed by atoms with van der Waals surface area (Å²) < 4.78 is 23.2. The lowest BCUT2D eigenvalue weighted by molar-refractivity contribution is -0.121. The molecular formula is C15H16FNO3. The van der Waals surface area contributed by atoms with Crippen molar-refractivity contribution >= 4 is 5.91 Å². The first-order valence-corrected chi connectivity index (χ1v) is 6.26. The summed E-state index contributed by atoms with van der Waals surface area (Å²) in [7, 11) is 1.55. The smallest absolute Gasteiger partial charge is 0.224 e. The number of ether oxygens (including phenoxy) is 1. The van der Waals surface area contributed by atoms with Crippen LogP contribution in [0.5, 0.6) is 0 Å². The van der Waals surface area contributed by atoms with Crippen LogP contribution in [0.25, 0.3) is 0 Å². The summed E-state index contributed by atoms with van der Waals surface area (Å²) in [6.45, 7) is 0.323. The van der Waals surface area contributed by atoms with Gasteiger partial charge in [0.05, 0.1) is 19.2 Å². The van der Waals surface area contributed by atoms with Crippen LogP contribution in [-0.4, -0.2) is 19.6 Å². The normalized spacial score (nSPS) is 12.1. The Hall–Kier alpha value is -2.14. The molecule has 1 aromatic carbocycles. The molecule has 106 valence electrons. The molecule has 2 rings (SSSR count). The summed E-state index contributed by atoms with van der Waals surface area (Å²) in [4.78, 5) is 11.8. The Bertz CT molecular complexity index is 537. The predicted molar refractivity (Wildman–Crippen MR) is 71.6 cm³/mol. The summed E-state index contributed by atoms with van der Waals surface area (Å²) in [6.07, 6.45) is 1.44. The van der Waals surface area contributed by atoms with Crippen LogP contribution in [0.3, 0.4) is 0 Å². The Morgan fingerprint density at radius 2 is 2.10 bits per heavy atom. The highest BCUT2D eigenvalue weighted by molar-refractivity contribution is 5.78. The molecule has 0 fully saturated rings. The Morgan fingerprint density at radius 1 is 1.35 bits per heavy atom. The Morgan fingerprint density at radius 3 is 2.70 bits per heavy atom. The van der Waals surface area contributed by atoms with E-state index in [-0.39, 0.29) is 24.2 Å². The topological polar surface area (TPSA) is 51.5 Å². The van der Waals surface area contributed by atoms with E-state index in [0.29, 0.717) is 12.3 Å². The van der Waals surface area contributed by atoms with Crippen molar-refractivity contribution < 1.29 is 18.3 Å². The number of carbonyl (C=O) groups excluding carboxylic acids is 1. The first-order chi connectivity index (χ1) is 9.69. The van der Waals surface area contributed by atoms with E-state index in [2.05, 4.69) is 5.32 Å². The van der Waals surface area contributed by atoms with E-state index in [0.717, 1.165) is 5.56 Å². The SMILES string of the molecule is CO[C@H](CNC(=O)Cc1ccc(F)cc1)c1ccco1. The molecule has 20 heavy (non-hydrogen) atoms. The number of hydrogen-bond donors (Lipinski definition) is 1. The van der Waals surface area contributed by atoms with E-state index in [9.17, 15) is 9.18 Å². The number of halogens is 1. The van der Waals surface area contributed by atoms with Gasteiger partial charge in [0.15, 0.2) is 0 Å². The van der Waals surface area contributed by atoms with Crippen LogP contribution in [0.1, 0.15) is 17.4 Å². The second kappa shape index (κ2) is 6.86. The van der Waals surface area contributed by atoms with Crippen molar-refractivity contribution in [3.05, 3.63) is 59.8 Å². The van der Waals surface area contributed by atoms with Gasteiger partial charge >= 0.3 is 0 Å². The lowest BCUT2D eigenvalue weighted by atomic mass is 10.1. The van der Waals surface area contributed by atoms with Gasteiger partial charge in [0.25, 0.3) is 0 Å². The molecule has 0 saturated carbocycles. The fourth-order valence-electron chi connectivity index (χ4n) is 1.83. The van der Waals surface area contributed by atoms with E-state index in [4.69, 9.17) is 9.15 Å². The molecular weight excluding hydrogens is 261 g/mol. The Labute approximate surface area is 116 Å². The van der Waals surface area contributed by atoms with E-state index in [1.54, 1.807) is 37.6 Å². The van der Waals surface area contributed by atoms with Crippen LogP contribution in [-0.2, 0) is 16.0 Å². The summed E-state index contributed by atoms with van der Waals surface area (Å²) >= 11 is 0. The van der Waals surface area contributed by atoms with Crippen molar-refractivity contribution in [3.8, 4) is 0 Å². The zero-order valence-electron chi connectivity index (χ0n) is 11.1. The average Bonchev–Trinajstić information content (AvgIpc) is 2.96. The summed E-state index contributed by atoms with van der Waals surface area (Å²) in [5.74, 6) is 0.200. The lowest BCUT2D eigenvalue weighted by Gasteiger charge is -2.13. The fourth-order valence-corrected chi connectivity index (χ4v) is 1.83. The van der Waals surface area contributed by atoms with Crippen LogP contribution >= 0.6 is 0 Å². The number of carbonyl (C=O) groups is 1. The maximum absolute atomic E-state index is 12.8. The number of hydrogen-bond acceptors (Lipinski definition) is 3. The summed E-state index contributed by atoms with van der Waals surface area (Å²) in [6, 6.07) is 9.42. The van der Waals surface area contributed by atoms with Crippen LogP contribution in [0, 0.1) is 5.82 Å². The highest BCUT2D eigenvalue weighted by Crippen LogP contribution is 2.15. The van der Waals surface area contributed by atoms with Gasteiger partial charge in [-0.3, -0.25) is 4.79 Å². The molecule has 4 nitrogen and oxygen atoms in total. The molecule has 1 amide bonds. The quantitative estimate of drug-likeness (QED) is 0.882. The number of nitrogens with one attached hydrogen (secondary N) is 1. The van der Waals surface area contributed by atoms with E-state index < -0.39 is 0 Å². The first-order valence-electron chi connectivity index (χ1n) is 6.26. The molecule has 0 saturated heterocycles. The average molecular weight is 277 g/mol. The van der Waals surface area contributed by atoms with Gasteiger partial charge in [0.2, 0.25) is 5.91 Å². The van der Waals surface area contributed by atoms with Crippen LogP contribution in [0.4, 0.5) is 4.39 Å². The number of rotatable bonds is 6. The van der Waals surface area contributed by atoms with Crippen molar-refractivity contribution in [2.75, 3.05) is 13.7 Å². The zero-order valence-corrected chi connectivity index (χ0v) is 11.1. The van der Waals surface area contributed by atoms with Gasteiger partial charge in [-0.05, 0) is 29.8 Å². The molecule has 0 aliphatic rings. The second-order valence-corrected chi connectivity index (χ2v) is 4.35.